The van der Waals surface area contributed by atoms with Crippen LogP contribution in [0.3, 0.4) is 0 Å². The van der Waals surface area contributed by atoms with Gasteiger partial charge in [-0.15, -0.1) is 0 Å². The monoisotopic (exact) mass is 247 g/mol. The second-order valence-electron chi connectivity index (χ2n) is 4.38. The zero-order chi connectivity index (χ0) is 12.6. The summed E-state index contributed by atoms with van der Waals surface area (Å²) in [7, 11) is -2.00. The van der Waals surface area contributed by atoms with Crippen LogP contribution in [-0.2, 0) is 17.1 Å². The van der Waals surface area contributed by atoms with E-state index in [0.29, 0.717) is 0 Å². The highest BCUT2D eigenvalue weighted by Crippen LogP contribution is 2.14. The van der Waals surface area contributed by atoms with Crippen LogP contribution in [0, 0.1) is 0 Å². The number of nitrogens with one attached hydrogen (secondary N) is 1. The van der Waals surface area contributed by atoms with E-state index >= 15 is 0 Å². The highest BCUT2D eigenvalue weighted by molar-refractivity contribution is 7.89. The molecule has 2 N–H and O–H groups in total. The Morgan fingerprint density at radius 2 is 2.12 bits per heavy atom. The molecule has 1 aromatic rings. The first kappa shape index (κ1) is 13.1. The van der Waals surface area contributed by atoms with Crippen LogP contribution < -0.4 is 4.72 Å². The third kappa shape index (κ3) is 2.81. The smallest absolute Gasteiger partial charge is 0.260 e. The summed E-state index contributed by atoms with van der Waals surface area (Å²) in [4.78, 5) is 3.76. The number of aliphatic hydroxyl groups is 1. The molecule has 1 aromatic heterocycles. The summed E-state index contributed by atoms with van der Waals surface area (Å²) in [5.41, 5.74) is -0.934. The quantitative estimate of drug-likeness (QED) is 0.775. The second-order valence-corrected chi connectivity index (χ2v) is 6.01. The van der Waals surface area contributed by atoms with Crippen LogP contribution in [0.5, 0.6) is 0 Å². The third-order valence-corrected chi connectivity index (χ3v) is 3.95. The van der Waals surface area contributed by atoms with E-state index in [-0.39, 0.29) is 5.03 Å². The molecule has 7 heteroatoms. The Hall–Kier alpha value is -0.920. The minimum atomic E-state index is -3.68. The van der Waals surface area contributed by atoms with Gasteiger partial charge in [-0.3, -0.25) is 0 Å². The zero-order valence-corrected chi connectivity index (χ0v) is 10.6. The van der Waals surface area contributed by atoms with Crippen molar-refractivity contribution < 1.29 is 13.5 Å². The van der Waals surface area contributed by atoms with Crippen molar-refractivity contribution in [1.82, 2.24) is 14.3 Å². The predicted molar refractivity (Wildman–Crippen MR) is 59.3 cm³/mol. The molecule has 0 saturated carbocycles. The van der Waals surface area contributed by atoms with Gasteiger partial charge in [-0.1, -0.05) is 0 Å². The molecule has 0 aliphatic rings. The van der Waals surface area contributed by atoms with E-state index in [4.69, 9.17) is 0 Å². The molecular formula is C9H17N3O3S. The normalized spacial score (nSPS) is 15.1. The summed E-state index contributed by atoms with van der Waals surface area (Å²) in [5, 5.41) is 9.39. The Morgan fingerprint density at radius 3 is 2.50 bits per heavy atom. The van der Waals surface area contributed by atoms with Gasteiger partial charge in [-0.05, 0) is 20.8 Å². The maximum atomic E-state index is 11.9. The molecule has 16 heavy (non-hydrogen) atoms. The standard InChI is InChI=1S/C9H17N3O3S/c1-7(13)9(2,3)11-16(14,15)8-5-12(4)6-10-8/h5-7,11,13H,1-4H3. The number of aryl methyl sites for hydroxylation is 1. The van der Waals surface area contributed by atoms with Crippen molar-refractivity contribution in [1.29, 1.82) is 0 Å². The Balaban J connectivity index is 2.97. The van der Waals surface area contributed by atoms with Crippen LogP contribution in [0.2, 0.25) is 0 Å². The van der Waals surface area contributed by atoms with Gasteiger partial charge in [-0.2, -0.15) is 0 Å². The number of aromatic nitrogens is 2. The molecule has 0 saturated heterocycles. The predicted octanol–water partition coefficient (Wildman–Crippen LogP) is -0.142. The molecule has 6 nitrogen and oxygen atoms in total. The lowest BCUT2D eigenvalue weighted by atomic mass is 10.0. The minimum Gasteiger partial charge on any atom is -0.391 e. The molecule has 0 fully saturated rings. The molecule has 0 aliphatic carbocycles. The number of imidazole rings is 1. The van der Waals surface area contributed by atoms with Gasteiger partial charge in [-0.25, -0.2) is 18.1 Å². The molecule has 92 valence electrons. The summed E-state index contributed by atoms with van der Waals surface area (Å²) in [6.45, 7) is 4.75. The highest BCUT2D eigenvalue weighted by atomic mass is 32.2. The van der Waals surface area contributed by atoms with Crippen molar-refractivity contribution in [2.24, 2.45) is 7.05 Å². The van der Waals surface area contributed by atoms with Crippen molar-refractivity contribution in [3.8, 4) is 0 Å². The number of hydrogen-bond donors (Lipinski definition) is 2. The fraction of sp³-hybridized carbons (Fsp3) is 0.667. The van der Waals surface area contributed by atoms with Crippen LogP contribution in [0.15, 0.2) is 17.6 Å². The highest BCUT2D eigenvalue weighted by Gasteiger charge is 2.31. The van der Waals surface area contributed by atoms with Crippen molar-refractivity contribution in [2.75, 3.05) is 0 Å². The van der Waals surface area contributed by atoms with Gasteiger partial charge in [0.2, 0.25) is 0 Å². The average molecular weight is 247 g/mol. The van der Waals surface area contributed by atoms with Gasteiger partial charge in [0.15, 0.2) is 5.03 Å². The number of sulfonamides is 1. The second kappa shape index (κ2) is 4.15. The van der Waals surface area contributed by atoms with Gasteiger partial charge in [0.05, 0.1) is 18.0 Å². The molecule has 0 spiro atoms. The molecule has 1 rings (SSSR count). The van der Waals surface area contributed by atoms with Crippen LogP contribution >= 0.6 is 0 Å². The molecule has 0 aromatic carbocycles. The fourth-order valence-corrected chi connectivity index (χ4v) is 2.47. The maximum Gasteiger partial charge on any atom is 0.260 e. The van der Waals surface area contributed by atoms with Crippen LogP contribution in [-0.4, -0.2) is 34.7 Å². The van der Waals surface area contributed by atoms with Gasteiger partial charge in [0.1, 0.15) is 0 Å². The van der Waals surface area contributed by atoms with Gasteiger partial charge in [0.25, 0.3) is 10.0 Å². The van der Waals surface area contributed by atoms with E-state index in [1.807, 2.05) is 0 Å². The Kier molecular flexibility index (Phi) is 3.41. The molecule has 1 heterocycles. The summed E-state index contributed by atoms with van der Waals surface area (Å²) in [5.74, 6) is 0. The van der Waals surface area contributed by atoms with Crippen molar-refractivity contribution in [3.63, 3.8) is 0 Å². The van der Waals surface area contributed by atoms with E-state index in [0.717, 1.165) is 0 Å². The van der Waals surface area contributed by atoms with E-state index in [9.17, 15) is 13.5 Å². The van der Waals surface area contributed by atoms with Crippen molar-refractivity contribution in [3.05, 3.63) is 12.5 Å². The first-order valence-corrected chi connectivity index (χ1v) is 6.33. The Labute approximate surface area is 95.4 Å². The first-order valence-electron chi connectivity index (χ1n) is 4.85. The van der Waals surface area contributed by atoms with Crippen LogP contribution in [0.25, 0.3) is 0 Å². The van der Waals surface area contributed by atoms with E-state index in [2.05, 4.69) is 9.71 Å². The van der Waals surface area contributed by atoms with Gasteiger partial charge >= 0.3 is 0 Å². The van der Waals surface area contributed by atoms with Crippen molar-refractivity contribution >= 4 is 10.0 Å². The summed E-state index contributed by atoms with van der Waals surface area (Å²) in [6.07, 6.45) is 2.01. The summed E-state index contributed by atoms with van der Waals surface area (Å²) in [6, 6.07) is 0. The number of hydrogen-bond acceptors (Lipinski definition) is 4. The molecule has 1 unspecified atom stereocenters. The lowest BCUT2D eigenvalue weighted by Crippen LogP contribution is -2.50. The van der Waals surface area contributed by atoms with E-state index in [1.165, 1.54) is 19.4 Å². The largest absolute Gasteiger partial charge is 0.391 e. The van der Waals surface area contributed by atoms with Crippen molar-refractivity contribution in [2.45, 2.75) is 37.4 Å². The summed E-state index contributed by atoms with van der Waals surface area (Å²) >= 11 is 0. The molecule has 1 atom stereocenters. The van der Waals surface area contributed by atoms with E-state index < -0.39 is 21.7 Å². The zero-order valence-electron chi connectivity index (χ0n) is 9.80. The molecular weight excluding hydrogens is 230 g/mol. The van der Waals surface area contributed by atoms with Gasteiger partial charge in [0, 0.05) is 13.2 Å². The topological polar surface area (TPSA) is 84.2 Å². The lowest BCUT2D eigenvalue weighted by molar-refractivity contribution is 0.111. The number of nitrogens with zero attached hydrogens (tertiary/aromatic N) is 2. The van der Waals surface area contributed by atoms with E-state index in [1.54, 1.807) is 25.5 Å². The SMILES string of the molecule is CC(O)C(C)(C)NS(=O)(=O)c1cn(C)cn1. The third-order valence-electron chi connectivity index (χ3n) is 2.40. The van der Waals surface area contributed by atoms with Crippen LogP contribution in [0.4, 0.5) is 0 Å². The number of rotatable bonds is 4. The Bertz CT molecular complexity index is 462. The minimum absolute atomic E-state index is 0.0521. The number of aliphatic hydroxyl groups excluding tert-OH is 1. The average Bonchev–Trinajstić information content (AvgIpc) is 2.50. The fourth-order valence-electron chi connectivity index (χ4n) is 1.01. The molecule has 0 bridgehead atoms. The molecule has 0 radical (unpaired) electrons. The first-order chi connectivity index (χ1) is 7.15. The molecule has 0 amide bonds. The maximum absolute atomic E-state index is 11.9. The summed E-state index contributed by atoms with van der Waals surface area (Å²) < 4.78 is 27.7. The van der Waals surface area contributed by atoms with Crippen LogP contribution in [0.1, 0.15) is 20.8 Å². The Morgan fingerprint density at radius 1 is 1.56 bits per heavy atom. The molecule has 0 aliphatic heterocycles. The van der Waals surface area contributed by atoms with Gasteiger partial charge < -0.3 is 9.67 Å². The lowest BCUT2D eigenvalue weighted by Gasteiger charge is -2.28.